The first-order chi connectivity index (χ1) is 13.0. The van der Waals surface area contributed by atoms with Crippen molar-refractivity contribution in [2.75, 3.05) is 6.61 Å². The predicted octanol–water partition coefficient (Wildman–Crippen LogP) is 4.62. The van der Waals surface area contributed by atoms with E-state index in [-0.39, 0.29) is 17.5 Å². The maximum atomic E-state index is 12.8. The van der Waals surface area contributed by atoms with Gasteiger partial charge in [0.15, 0.2) is 5.69 Å². The normalized spacial score (nSPS) is 10.8. The van der Waals surface area contributed by atoms with E-state index in [0.29, 0.717) is 29.2 Å². The summed E-state index contributed by atoms with van der Waals surface area (Å²) < 4.78 is 5.70. The van der Waals surface area contributed by atoms with Gasteiger partial charge in [-0.3, -0.25) is 4.79 Å². The van der Waals surface area contributed by atoms with Crippen LogP contribution in [0.3, 0.4) is 0 Å². The summed E-state index contributed by atoms with van der Waals surface area (Å²) >= 11 is 6.16. The molecule has 1 amide bonds. The van der Waals surface area contributed by atoms with E-state index in [1.165, 1.54) is 0 Å². The van der Waals surface area contributed by atoms with Crippen molar-refractivity contribution in [1.82, 2.24) is 15.3 Å². The van der Waals surface area contributed by atoms with Crippen molar-refractivity contribution in [1.29, 1.82) is 0 Å². The molecule has 0 fully saturated rings. The smallest absolute Gasteiger partial charge is 0.275 e. The molecule has 140 valence electrons. The van der Waals surface area contributed by atoms with Crippen LogP contribution in [0.15, 0.2) is 36.4 Å². The highest BCUT2D eigenvalue weighted by Gasteiger charge is 2.18. The van der Waals surface area contributed by atoms with Gasteiger partial charge < -0.3 is 10.1 Å². The van der Waals surface area contributed by atoms with Gasteiger partial charge >= 0.3 is 0 Å². The molecule has 27 heavy (non-hydrogen) atoms. The van der Waals surface area contributed by atoms with Gasteiger partial charge in [0.25, 0.3) is 5.91 Å². The van der Waals surface area contributed by atoms with Crippen LogP contribution in [0.1, 0.15) is 40.5 Å². The number of hydrogen-bond donors (Lipinski definition) is 1. The van der Waals surface area contributed by atoms with Crippen LogP contribution in [0, 0.1) is 13.8 Å². The Balaban J connectivity index is 1.93. The van der Waals surface area contributed by atoms with Crippen LogP contribution in [0.4, 0.5) is 0 Å². The largest absolute Gasteiger partial charge is 0.476 e. The molecule has 0 unspecified atom stereocenters. The number of halogens is 1. The van der Waals surface area contributed by atoms with Gasteiger partial charge in [0.2, 0.25) is 5.88 Å². The number of rotatable bonds is 6. The third-order valence-corrected chi connectivity index (χ3v) is 4.67. The number of aryl methyl sites for hydroxylation is 2. The summed E-state index contributed by atoms with van der Waals surface area (Å²) in [5.74, 6) is -0.0853. The van der Waals surface area contributed by atoms with Crippen LogP contribution in [-0.4, -0.2) is 22.5 Å². The van der Waals surface area contributed by atoms with Crippen molar-refractivity contribution in [2.24, 2.45) is 0 Å². The standard InChI is InChI=1S/C21H22ClN3O2/c1-4-9-27-21-19(20(26)23-12-15-7-5-6-8-16(15)22)24-17-10-13(2)14(3)11-18(17)25-21/h5-8,10-11H,4,9,12H2,1-3H3,(H,23,26). The van der Waals surface area contributed by atoms with E-state index >= 15 is 0 Å². The lowest BCUT2D eigenvalue weighted by atomic mass is 10.1. The van der Waals surface area contributed by atoms with E-state index in [0.717, 1.165) is 23.1 Å². The van der Waals surface area contributed by atoms with Crippen molar-refractivity contribution < 1.29 is 9.53 Å². The topological polar surface area (TPSA) is 64.1 Å². The van der Waals surface area contributed by atoms with E-state index in [2.05, 4.69) is 15.3 Å². The molecule has 1 heterocycles. The molecule has 5 nitrogen and oxygen atoms in total. The molecule has 0 aliphatic rings. The molecule has 0 bridgehead atoms. The molecule has 6 heteroatoms. The molecule has 2 aromatic carbocycles. The Morgan fingerprint density at radius 2 is 1.78 bits per heavy atom. The summed E-state index contributed by atoms with van der Waals surface area (Å²) in [5.41, 5.74) is 4.63. The van der Waals surface area contributed by atoms with Crippen molar-refractivity contribution in [2.45, 2.75) is 33.7 Å². The first-order valence-electron chi connectivity index (χ1n) is 8.93. The van der Waals surface area contributed by atoms with Crippen molar-refractivity contribution in [3.8, 4) is 5.88 Å². The number of amides is 1. The van der Waals surface area contributed by atoms with Gasteiger partial charge in [-0.1, -0.05) is 36.7 Å². The Labute approximate surface area is 163 Å². The minimum atomic E-state index is -0.339. The Hall–Kier alpha value is -2.66. The zero-order chi connectivity index (χ0) is 19.4. The monoisotopic (exact) mass is 383 g/mol. The van der Waals surface area contributed by atoms with Gasteiger partial charge in [-0.15, -0.1) is 0 Å². The fraction of sp³-hybridized carbons (Fsp3) is 0.286. The Kier molecular flexibility index (Phi) is 5.91. The number of carbonyl (C=O) groups excluding carboxylic acids is 1. The first kappa shape index (κ1) is 19.1. The molecule has 3 aromatic rings. The summed E-state index contributed by atoms with van der Waals surface area (Å²) in [4.78, 5) is 21.8. The molecule has 1 N–H and O–H groups in total. The lowest BCUT2D eigenvalue weighted by molar-refractivity contribution is 0.0941. The van der Waals surface area contributed by atoms with Gasteiger partial charge in [-0.2, -0.15) is 0 Å². The number of fused-ring (bicyclic) bond motifs is 1. The van der Waals surface area contributed by atoms with Gasteiger partial charge in [0, 0.05) is 11.6 Å². The van der Waals surface area contributed by atoms with Crippen LogP contribution in [-0.2, 0) is 6.54 Å². The number of ether oxygens (including phenoxy) is 1. The maximum Gasteiger partial charge on any atom is 0.275 e. The van der Waals surface area contributed by atoms with Crippen LogP contribution in [0.25, 0.3) is 11.0 Å². The molecule has 0 saturated carbocycles. The Morgan fingerprint density at radius 3 is 2.44 bits per heavy atom. The number of nitrogens with zero attached hydrogens (tertiary/aromatic N) is 2. The van der Waals surface area contributed by atoms with Crippen LogP contribution in [0.2, 0.25) is 5.02 Å². The fourth-order valence-corrected chi connectivity index (χ4v) is 2.85. The van der Waals surface area contributed by atoms with E-state index in [4.69, 9.17) is 16.3 Å². The number of aromatic nitrogens is 2. The number of benzene rings is 2. The highest BCUT2D eigenvalue weighted by Crippen LogP contribution is 2.22. The molecule has 1 aromatic heterocycles. The van der Waals surface area contributed by atoms with Gasteiger partial charge in [-0.05, 0) is 55.2 Å². The number of nitrogens with one attached hydrogen (secondary N) is 1. The summed E-state index contributed by atoms with van der Waals surface area (Å²) in [6.07, 6.45) is 0.813. The van der Waals surface area contributed by atoms with Crippen LogP contribution < -0.4 is 10.1 Å². The number of hydrogen-bond acceptors (Lipinski definition) is 4. The third kappa shape index (κ3) is 4.37. The van der Waals surface area contributed by atoms with E-state index in [9.17, 15) is 4.79 Å². The molecular formula is C21H22ClN3O2. The zero-order valence-corrected chi connectivity index (χ0v) is 16.4. The molecule has 0 aliphatic heterocycles. The van der Waals surface area contributed by atoms with Crippen LogP contribution in [0.5, 0.6) is 5.88 Å². The second-order valence-electron chi connectivity index (χ2n) is 6.43. The summed E-state index contributed by atoms with van der Waals surface area (Å²) in [5, 5.41) is 3.47. The zero-order valence-electron chi connectivity index (χ0n) is 15.7. The predicted molar refractivity (Wildman–Crippen MR) is 107 cm³/mol. The quantitative estimate of drug-likeness (QED) is 0.674. The second kappa shape index (κ2) is 8.35. The average molecular weight is 384 g/mol. The van der Waals surface area contributed by atoms with Crippen molar-refractivity contribution in [3.63, 3.8) is 0 Å². The summed E-state index contributed by atoms with van der Waals surface area (Å²) in [6, 6.07) is 11.3. The van der Waals surface area contributed by atoms with Crippen LogP contribution >= 0.6 is 11.6 Å². The minimum absolute atomic E-state index is 0.186. The number of carbonyl (C=O) groups is 1. The van der Waals surface area contributed by atoms with Gasteiger partial charge in [-0.25, -0.2) is 9.97 Å². The van der Waals surface area contributed by atoms with E-state index in [1.807, 2.05) is 51.1 Å². The lowest BCUT2D eigenvalue weighted by Crippen LogP contribution is -2.25. The summed E-state index contributed by atoms with van der Waals surface area (Å²) in [7, 11) is 0. The average Bonchev–Trinajstić information content (AvgIpc) is 2.66. The molecule has 0 atom stereocenters. The minimum Gasteiger partial charge on any atom is -0.476 e. The molecule has 0 spiro atoms. The lowest BCUT2D eigenvalue weighted by Gasteiger charge is -2.12. The van der Waals surface area contributed by atoms with E-state index in [1.54, 1.807) is 6.07 Å². The van der Waals surface area contributed by atoms with E-state index < -0.39 is 0 Å². The first-order valence-corrected chi connectivity index (χ1v) is 9.30. The molecule has 3 rings (SSSR count). The Morgan fingerprint density at radius 1 is 1.11 bits per heavy atom. The molecular weight excluding hydrogens is 362 g/mol. The fourth-order valence-electron chi connectivity index (χ4n) is 2.64. The molecule has 0 radical (unpaired) electrons. The van der Waals surface area contributed by atoms with Gasteiger partial charge in [0.05, 0.1) is 17.6 Å². The highest BCUT2D eigenvalue weighted by molar-refractivity contribution is 6.31. The third-order valence-electron chi connectivity index (χ3n) is 4.30. The Bertz CT molecular complexity index is 989. The highest BCUT2D eigenvalue weighted by atomic mass is 35.5. The van der Waals surface area contributed by atoms with Gasteiger partial charge in [0.1, 0.15) is 0 Å². The summed E-state index contributed by atoms with van der Waals surface area (Å²) in [6.45, 7) is 6.80. The van der Waals surface area contributed by atoms with Crippen molar-refractivity contribution >= 4 is 28.5 Å². The second-order valence-corrected chi connectivity index (χ2v) is 6.83. The molecule has 0 aliphatic carbocycles. The maximum absolute atomic E-state index is 12.8. The SMILES string of the molecule is CCCOc1nc2cc(C)c(C)cc2nc1C(=O)NCc1ccccc1Cl. The van der Waals surface area contributed by atoms with Crippen molar-refractivity contribution in [3.05, 3.63) is 63.8 Å². The molecule has 0 saturated heterocycles.